The maximum Gasteiger partial charge on any atom is 0.406 e. The van der Waals surface area contributed by atoms with Crippen LogP contribution in [0.2, 0.25) is 0 Å². The molecule has 2 fully saturated rings. The molecule has 0 aliphatic carbocycles. The van der Waals surface area contributed by atoms with Crippen molar-refractivity contribution in [2.24, 2.45) is 17.6 Å². The van der Waals surface area contributed by atoms with E-state index in [1.807, 2.05) is 0 Å². The molecule has 2 rings (SSSR count). The van der Waals surface area contributed by atoms with Crippen molar-refractivity contribution in [3.8, 4) is 0 Å². The largest absolute Gasteiger partial charge is 0.406 e. The number of ether oxygens (including phenoxy) is 1. The fourth-order valence-electron chi connectivity index (χ4n) is 3.69. The summed E-state index contributed by atoms with van der Waals surface area (Å²) in [5.41, 5.74) is 6.12. The number of halogens is 4. The summed E-state index contributed by atoms with van der Waals surface area (Å²) in [6.07, 6.45) is -1.91. The summed E-state index contributed by atoms with van der Waals surface area (Å²) in [5, 5.41) is 0. The number of piperidine rings is 1. The highest BCUT2D eigenvalue weighted by Gasteiger charge is 2.38. The van der Waals surface area contributed by atoms with Gasteiger partial charge in [0, 0.05) is 32.8 Å². The molecule has 10 heteroatoms. The normalized spacial score (nSPS) is 22.7. The number of nitrogens with zero attached hydrogens (tertiary/aromatic N) is 2. The van der Waals surface area contributed by atoms with Gasteiger partial charge in [-0.2, -0.15) is 13.2 Å². The number of rotatable bonds is 5. The molecule has 2 saturated heterocycles. The lowest BCUT2D eigenvalue weighted by atomic mass is 9.90. The zero-order chi connectivity index (χ0) is 19.3. The molecule has 2 aliphatic heterocycles. The van der Waals surface area contributed by atoms with Crippen molar-refractivity contribution in [1.82, 2.24) is 9.80 Å². The molecule has 27 heavy (non-hydrogen) atoms. The summed E-state index contributed by atoms with van der Waals surface area (Å²) in [5.74, 6) is -1.31. The second kappa shape index (κ2) is 10.5. The van der Waals surface area contributed by atoms with Crippen molar-refractivity contribution in [1.29, 1.82) is 0 Å². The number of nitrogens with two attached hydrogens (primary N) is 1. The minimum Gasteiger partial charge on any atom is -0.381 e. The first-order chi connectivity index (χ1) is 12.2. The van der Waals surface area contributed by atoms with Crippen LogP contribution in [0.4, 0.5) is 13.2 Å². The molecule has 158 valence electrons. The minimum atomic E-state index is -4.43. The minimum absolute atomic E-state index is 0. The van der Waals surface area contributed by atoms with E-state index in [4.69, 9.17) is 10.5 Å². The number of carbonyl (C=O) groups excluding carboxylic acids is 2. The SMILES string of the molecule is CCN(CC(F)(F)F)C(=O)C1CCCN(C(=O)C(N)C2CCOCC2)C1.Cl. The van der Waals surface area contributed by atoms with Gasteiger partial charge in [0.15, 0.2) is 0 Å². The predicted molar refractivity (Wildman–Crippen MR) is 96.4 cm³/mol. The molecule has 0 aromatic heterocycles. The molecular weight excluding hydrogens is 387 g/mol. The van der Waals surface area contributed by atoms with Crippen LogP contribution in [0, 0.1) is 11.8 Å². The molecule has 0 aromatic carbocycles. The van der Waals surface area contributed by atoms with Crippen molar-refractivity contribution in [2.45, 2.75) is 44.8 Å². The molecule has 2 unspecified atom stereocenters. The summed E-state index contributed by atoms with van der Waals surface area (Å²) in [7, 11) is 0. The molecular formula is C17H29ClF3N3O3. The van der Waals surface area contributed by atoms with Crippen molar-refractivity contribution in [2.75, 3.05) is 39.4 Å². The number of alkyl halides is 3. The number of carbonyl (C=O) groups is 2. The second-order valence-electron chi connectivity index (χ2n) is 7.07. The van der Waals surface area contributed by atoms with Crippen LogP contribution in [-0.2, 0) is 14.3 Å². The smallest absolute Gasteiger partial charge is 0.381 e. The number of hydrogen-bond acceptors (Lipinski definition) is 4. The topological polar surface area (TPSA) is 75.9 Å². The van der Waals surface area contributed by atoms with Gasteiger partial charge in [0.1, 0.15) is 6.54 Å². The molecule has 2 amide bonds. The average molecular weight is 416 g/mol. The summed E-state index contributed by atoms with van der Waals surface area (Å²) >= 11 is 0. The van der Waals surface area contributed by atoms with Crippen LogP contribution in [0.1, 0.15) is 32.6 Å². The Morgan fingerprint density at radius 2 is 1.89 bits per heavy atom. The van der Waals surface area contributed by atoms with E-state index >= 15 is 0 Å². The van der Waals surface area contributed by atoms with E-state index in [-0.39, 0.29) is 37.3 Å². The Balaban J connectivity index is 0.00000364. The van der Waals surface area contributed by atoms with Crippen molar-refractivity contribution in [3.05, 3.63) is 0 Å². The van der Waals surface area contributed by atoms with Crippen molar-refractivity contribution < 1.29 is 27.5 Å². The van der Waals surface area contributed by atoms with Gasteiger partial charge in [0.25, 0.3) is 0 Å². The van der Waals surface area contributed by atoms with Crippen LogP contribution in [0.5, 0.6) is 0 Å². The van der Waals surface area contributed by atoms with Gasteiger partial charge in [0.2, 0.25) is 11.8 Å². The average Bonchev–Trinajstić information content (AvgIpc) is 2.64. The Morgan fingerprint density at radius 3 is 2.44 bits per heavy atom. The first-order valence-corrected chi connectivity index (χ1v) is 9.20. The lowest BCUT2D eigenvalue weighted by Crippen LogP contribution is -2.54. The molecule has 0 aromatic rings. The van der Waals surface area contributed by atoms with Crippen LogP contribution >= 0.6 is 12.4 Å². The highest BCUT2D eigenvalue weighted by atomic mass is 35.5. The monoisotopic (exact) mass is 415 g/mol. The van der Waals surface area contributed by atoms with Crippen LogP contribution in [0.25, 0.3) is 0 Å². The second-order valence-corrected chi connectivity index (χ2v) is 7.07. The third-order valence-electron chi connectivity index (χ3n) is 5.20. The Hall–Kier alpha value is -1.06. The van der Waals surface area contributed by atoms with Gasteiger partial charge < -0.3 is 20.3 Å². The molecule has 2 aliphatic rings. The quantitative estimate of drug-likeness (QED) is 0.743. The number of amides is 2. The Labute approximate surface area is 164 Å². The highest BCUT2D eigenvalue weighted by molar-refractivity contribution is 5.85. The van der Waals surface area contributed by atoms with Crippen LogP contribution in [0.15, 0.2) is 0 Å². The molecule has 2 heterocycles. The third kappa shape index (κ3) is 6.80. The molecule has 0 bridgehead atoms. The lowest BCUT2D eigenvalue weighted by Gasteiger charge is -2.37. The van der Waals surface area contributed by atoms with Gasteiger partial charge in [-0.05, 0) is 38.5 Å². The molecule has 0 saturated carbocycles. The Morgan fingerprint density at radius 1 is 1.26 bits per heavy atom. The van der Waals surface area contributed by atoms with Gasteiger partial charge in [0.05, 0.1) is 12.0 Å². The van der Waals surface area contributed by atoms with Crippen molar-refractivity contribution in [3.63, 3.8) is 0 Å². The Kier molecular flexibility index (Phi) is 9.30. The summed E-state index contributed by atoms with van der Waals surface area (Å²) < 4.78 is 43.2. The van der Waals surface area contributed by atoms with Crippen molar-refractivity contribution >= 4 is 24.2 Å². The van der Waals surface area contributed by atoms with Gasteiger partial charge >= 0.3 is 6.18 Å². The van der Waals surface area contributed by atoms with Gasteiger partial charge in [-0.1, -0.05) is 0 Å². The maximum atomic E-state index is 12.7. The molecule has 0 spiro atoms. The summed E-state index contributed by atoms with van der Waals surface area (Å²) in [6.45, 7) is 2.05. The van der Waals surface area contributed by atoms with E-state index in [9.17, 15) is 22.8 Å². The standard InChI is InChI=1S/C17H28F3N3O3.ClH/c1-2-22(11-17(18,19)20)15(24)13-4-3-7-23(10-13)16(25)14(21)12-5-8-26-9-6-12;/h12-14H,2-11,21H2,1H3;1H. The van der Waals surface area contributed by atoms with E-state index < -0.39 is 30.6 Å². The summed E-state index contributed by atoms with van der Waals surface area (Å²) in [4.78, 5) is 27.5. The Bertz CT molecular complexity index is 502. The molecule has 0 radical (unpaired) electrons. The maximum absolute atomic E-state index is 12.7. The van der Waals surface area contributed by atoms with Crippen LogP contribution in [0.3, 0.4) is 0 Å². The molecule has 2 N–H and O–H groups in total. The van der Waals surface area contributed by atoms with Crippen LogP contribution < -0.4 is 5.73 Å². The molecule has 2 atom stereocenters. The predicted octanol–water partition coefficient (Wildman–Crippen LogP) is 1.81. The van der Waals surface area contributed by atoms with Gasteiger partial charge in [-0.15, -0.1) is 12.4 Å². The van der Waals surface area contributed by atoms with E-state index in [0.29, 0.717) is 32.6 Å². The van der Waals surface area contributed by atoms with Crippen LogP contribution in [-0.4, -0.2) is 73.2 Å². The van der Waals surface area contributed by atoms with E-state index in [1.165, 1.54) is 6.92 Å². The lowest BCUT2D eigenvalue weighted by molar-refractivity contribution is -0.165. The van der Waals surface area contributed by atoms with Gasteiger partial charge in [-0.3, -0.25) is 9.59 Å². The number of likely N-dealkylation sites (tertiary alicyclic amines) is 1. The van der Waals surface area contributed by atoms with E-state index in [1.54, 1.807) is 4.90 Å². The first-order valence-electron chi connectivity index (χ1n) is 9.20. The third-order valence-corrected chi connectivity index (χ3v) is 5.20. The first kappa shape index (κ1) is 24.0. The van der Waals surface area contributed by atoms with Gasteiger partial charge in [-0.25, -0.2) is 0 Å². The molecule has 6 nitrogen and oxygen atoms in total. The zero-order valence-corrected chi connectivity index (χ0v) is 16.4. The number of hydrogen-bond donors (Lipinski definition) is 1. The van der Waals surface area contributed by atoms with E-state index in [2.05, 4.69) is 0 Å². The fraction of sp³-hybridized carbons (Fsp3) is 0.882. The summed E-state index contributed by atoms with van der Waals surface area (Å²) in [6, 6.07) is -0.648. The zero-order valence-electron chi connectivity index (χ0n) is 15.5. The van der Waals surface area contributed by atoms with E-state index in [0.717, 1.165) is 17.7 Å². The fourth-order valence-corrected chi connectivity index (χ4v) is 3.69. The highest BCUT2D eigenvalue weighted by Crippen LogP contribution is 2.25.